The molecular weight excluding hydrogens is 390 g/mol. The van der Waals surface area contributed by atoms with Crippen LogP contribution < -0.4 is 5.32 Å². The molecule has 0 radical (unpaired) electrons. The minimum Gasteiger partial charge on any atom is -0.338 e. The third-order valence-electron chi connectivity index (χ3n) is 5.60. The molecular formula is C22H22F2N4O2. The minimum atomic E-state index is -0.605. The number of rotatable bonds is 3. The highest BCUT2D eigenvalue weighted by molar-refractivity contribution is 5.88. The van der Waals surface area contributed by atoms with Gasteiger partial charge in [-0.2, -0.15) is 0 Å². The molecule has 2 aromatic heterocycles. The van der Waals surface area contributed by atoms with E-state index >= 15 is 0 Å². The summed E-state index contributed by atoms with van der Waals surface area (Å²) in [5.41, 5.74) is 3.40. The van der Waals surface area contributed by atoms with Gasteiger partial charge in [-0.1, -0.05) is 5.16 Å². The van der Waals surface area contributed by atoms with E-state index in [0.29, 0.717) is 30.1 Å². The zero-order chi connectivity index (χ0) is 21.3. The lowest BCUT2D eigenvalue weighted by atomic mass is 9.91. The van der Waals surface area contributed by atoms with Crippen molar-refractivity contribution in [3.05, 3.63) is 65.1 Å². The van der Waals surface area contributed by atoms with E-state index in [1.165, 1.54) is 12.1 Å². The minimum absolute atomic E-state index is 0.159. The van der Waals surface area contributed by atoms with Gasteiger partial charge in [0.05, 0.1) is 5.69 Å². The molecule has 2 amide bonds. The number of piperidine rings is 1. The van der Waals surface area contributed by atoms with Crippen molar-refractivity contribution in [2.24, 2.45) is 0 Å². The number of hydrogen-bond donors (Lipinski definition) is 1. The van der Waals surface area contributed by atoms with Gasteiger partial charge in [0, 0.05) is 48.1 Å². The van der Waals surface area contributed by atoms with Gasteiger partial charge in [-0.05, 0) is 56.5 Å². The van der Waals surface area contributed by atoms with E-state index < -0.39 is 11.6 Å². The van der Waals surface area contributed by atoms with E-state index in [-0.39, 0.29) is 11.9 Å². The number of anilines is 1. The highest BCUT2D eigenvalue weighted by atomic mass is 19.1. The molecule has 1 aliphatic heterocycles. The van der Waals surface area contributed by atoms with Crippen LogP contribution >= 0.6 is 0 Å². The molecule has 30 heavy (non-hydrogen) atoms. The fourth-order valence-corrected chi connectivity index (χ4v) is 3.65. The van der Waals surface area contributed by atoms with Gasteiger partial charge in [0.25, 0.3) is 0 Å². The van der Waals surface area contributed by atoms with Crippen LogP contribution in [0.3, 0.4) is 0 Å². The summed E-state index contributed by atoms with van der Waals surface area (Å²) in [4.78, 5) is 18.7. The number of nitrogens with one attached hydrogen (secondary N) is 1. The third-order valence-corrected chi connectivity index (χ3v) is 5.60. The molecule has 0 bridgehead atoms. The zero-order valence-corrected chi connectivity index (χ0v) is 16.8. The number of nitrogens with zero attached hydrogens (tertiary/aromatic N) is 3. The average Bonchev–Trinajstić information content (AvgIpc) is 3.06. The molecule has 1 aromatic carbocycles. The zero-order valence-electron chi connectivity index (χ0n) is 16.8. The molecule has 3 heterocycles. The van der Waals surface area contributed by atoms with Crippen molar-refractivity contribution in [1.82, 2.24) is 15.0 Å². The lowest BCUT2D eigenvalue weighted by molar-refractivity contribution is 0.193. The number of carbonyl (C=O) groups excluding carboxylic acids is 1. The third kappa shape index (κ3) is 4.03. The van der Waals surface area contributed by atoms with Crippen LogP contribution in [0.2, 0.25) is 0 Å². The summed E-state index contributed by atoms with van der Waals surface area (Å²) in [6, 6.07) is 6.89. The van der Waals surface area contributed by atoms with Gasteiger partial charge in [0.2, 0.25) is 5.88 Å². The highest BCUT2D eigenvalue weighted by Crippen LogP contribution is 2.31. The molecule has 4 rings (SSSR count). The number of carbonyl (C=O) groups is 1. The van der Waals surface area contributed by atoms with Crippen LogP contribution in [-0.2, 0) is 0 Å². The topological polar surface area (TPSA) is 71.3 Å². The summed E-state index contributed by atoms with van der Waals surface area (Å²) in [6.07, 6.45) is 3.12. The van der Waals surface area contributed by atoms with Crippen LogP contribution in [0.15, 0.2) is 41.1 Å². The monoisotopic (exact) mass is 412 g/mol. The van der Waals surface area contributed by atoms with E-state index in [1.807, 2.05) is 19.9 Å². The molecule has 3 aromatic rings. The molecule has 0 spiro atoms. The van der Waals surface area contributed by atoms with Crippen molar-refractivity contribution >= 4 is 11.9 Å². The molecule has 8 heteroatoms. The normalized spacial score (nSPS) is 14.7. The van der Waals surface area contributed by atoms with E-state index in [0.717, 1.165) is 35.9 Å². The van der Waals surface area contributed by atoms with Crippen LogP contribution in [0, 0.1) is 25.5 Å². The molecule has 0 atom stereocenters. The number of amides is 2. The first-order valence-corrected chi connectivity index (χ1v) is 9.82. The Labute approximate surface area is 172 Å². The Bertz CT molecular complexity index is 1070. The first-order valence-electron chi connectivity index (χ1n) is 9.82. The predicted octanol–water partition coefficient (Wildman–Crippen LogP) is 5.04. The highest BCUT2D eigenvalue weighted by Gasteiger charge is 2.26. The van der Waals surface area contributed by atoms with Crippen LogP contribution in [0.4, 0.5) is 19.5 Å². The summed E-state index contributed by atoms with van der Waals surface area (Å²) in [5, 5.41) is 6.61. The van der Waals surface area contributed by atoms with Crippen molar-refractivity contribution in [3.63, 3.8) is 0 Å². The smallest absolute Gasteiger partial charge is 0.324 e. The van der Waals surface area contributed by atoms with Crippen LogP contribution in [-0.4, -0.2) is 34.2 Å². The fourth-order valence-electron chi connectivity index (χ4n) is 3.65. The Hall–Kier alpha value is -3.29. The second kappa shape index (κ2) is 8.22. The molecule has 6 nitrogen and oxygen atoms in total. The lowest BCUT2D eigenvalue weighted by Crippen LogP contribution is -2.40. The molecule has 1 saturated heterocycles. The quantitative estimate of drug-likeness (QED) is 0.654. The number of pyridine rings is 1. The summed E-state index contributed by atoms with van der Waals surface area (Å²) < 4.78 is 32.5. The van der Waals surface area contributed by atoms with Crippen molar-refractivity contribution in [2.45, 2.75) is 32.6 Å². The second-order valence-corrected chi connectivity index (χ2v) is 7.51. The second-order valence-electron chi connectivity index (χ2n) is 7.51. The number of halogens is 2. The molecule has 0 unspecified atom stereocenters. The maximum absolute atomic E-state index is 14.1. The lowest BCUT2D eigenvalue weighted by Gasteiger charge is -2.31. The van der Waals surface area contributed by atoms with Gasteiger partial charge in [-0.15, -0.1) is 0 Å². The molecule has 156 valence electrons. The van der Waals surface area contributed by atoms with Crippen LogP contribution in [0.1, 0.15) is 35.7 Å². The first-order chi connectivity index (χ1) is 14.4. The predicted molar refractivity (Wildman–Crippen MR) is 108 cm³/mol. The van der Waals surface area contributed by atoms with E-state index in [9.17, 15) is 13.6 Å². The van der Waals surface area contributed by atoms with Crippen molar-refractivity contribution in [3.8, 4) is 11.1 Å². The van der Waals surface area contributed by atoms with Gasteiger partial charge < -0.3 is 9.42 Å². The number of urea groups is 1. The number of benzene rings is 1. The van der Waals surface area contributed by atoms with Gasteiger partial charge in [-0.3, -0.25) is 10.3 Å². The van der Waals surface area contributed by atoms with Gasteiger partial charge in [0.1, 0.15) is 11.6 Å². The number of hydrogen-bond acceptors (Lipinski definition) is 4. The Morgan fingerprint density at radius 3 is 2.60 bits per heavy atom. The molecule has 0 saturated carbocycles. The summed E-state index contributed by atoms with van der Waals surface area (Å²) in [5.74, 6) is -0.675. The largest absolute Gasteiger partial charge is 0.338 e. The van der Waals surface area contributed by atoms with Crippen molar-refractivity contribution in [2.75, 3.05) is 18.4 Å². The van der Waals surface area contributed by atoms with E-state index in [2.05, 4.69) is 15.5 Å². The number of aryl methyl sites for hydroxylation is 1. The van der Waals surface area contributed by atoms with Crippen molar-refractivity contribution < 1.29 is 18.1 Å². The summed E-state index contributed by atoms with van der Waals surface area (Å²) in [7, 11) is 0. The summed E-state index contributed by atoms with van der Waals surface area (Å²) >= 11 is 0. The Kier molecular flexibility index (Phi) is 5.48. The van der Waals surface area contributed by atoms with Crippen molar-refractivity contribution in [1.29, 1.82) is 0 Å². The molecule has 1 fully saturated rings. The SMILES string of the molecule is Cc1noc(NC(=O)N2CCC(c3cc(-c4ccc(F)cc4F)ccn3)CC2)c1C. The molecule has 1 aliphatic rings. The number of aromatic nitrogens is 2. The number of likely N-dealkylation sites (tertiary alicyclic amines) is 1. The summed E-state index contributed by atoms with van der Waals surface area (Å²) in [6.45, 7) is 4.80. The first kappa shape index (κ1) is 20.0. The maximum atomic E-state index is 14.1. The standard InChI is InChI=1S/C22H22F2N4O2/c1-13-14(2)27-30-21(13)26-22(29)28-9-6-15(7-10-28)20-11-16(5-8-25-20)18-4-3-17(23)12-19(18)24/h3-5,8,11-12,15H,6-7,9-10H2,1-2H3,(H,26,29). The van der Waals surface area contributed by atoms with Gasteiger partial charge >= 0.3 is 6.03 Å². The Morgan fingerprint density at radius 2 is 1.93 bits per heavy atom. The molecule has 1 N–H and O–H groups in total. The Morgan fingerprint density at radius 1 is 1.17 bits per heavy atom. The van der Waals surface area contributed by atoms with Gasteiger partial charge in [-0.25, -0.2) is 13.6 Å². The maximum Gasteiger partial charge on any atom is 0.324 e. The van der Waals surface area contributed by atoms with Crippen LogP contribution in [0.25, 0.3) is 11.1 Å². The Balaban J connectivity index is 1.42. The van der Waals surface area contributed by atoms with E-state index in [4.69, 9.17) is 4.52 Å². The van der Waals surface area contributed by atoms with E-state index in [1.54, 1.807) is 17.2 Å². The van der Waals surface area contributed by atoms with Gasteiger partial charge in [0.15, 0.2) is 0 Å². The molecule has 0 aliphatic carbocycles. The van der Waals surface area contributed by atoms with Crippen LogP contribution in [0.5, 0.6) is 0 Å². The fraction of sp³-hybridized carbons (Fsp3) is 0.318. The average molecular weight is 412 g/mol.